The molecular formula is C15H12ClN3O4. The number of amides is 2. The largest absolute Gasteiger partial charge is 0.325 e. The van der Waals surface area contributed by atoms with Gasteiger partial charge in [0.15, 0.2) is 0 Å². The van der Waals surface area contributed by atoms with Gasteiger partial charge in [-0.25, -0.2) is 0 Å². The summed E-state index contributed by atoms with van der Waals surface area (Å²) in [4.78, 5) is 33.9. The molecule has 2 N–H and O–H groups in total. The summed E-state index contributed by atoms with van der Waals surface area (Å²) in [5.41, 5.74) is 0.418. The van der Waals surface area contributed by atoms with Gasteiger partial charge < -0.3 is 10.6 Å². The average Bonchev–Trinajstić information content (AvgIpc) is 2.55. The van der Waals surface area contributed by atoms with Gasteiger partial charge in [-0.05, 0) is 18.2 Å². The van der Waals surface area contributed by atoms with Crippen molar-refractivity contribution in [3.8, 4) is 0 Å². The van der Waals surface area contributed by atoms with Crippen LogP contribution in [0.1, 0.15) is 10.4 Å². The van der Waals surface area contributed by atoms with E-state index in [1.807, 2.05) is 0 Å². The van der Waals surface area contributed by atoms with E-state index in [2.05, 4.69) is 10.6 Å². The molecule has 0 aliphatic rings. The maximum Gasteiger partial charge on any atom is 0.272 e. The molecule has 2 amide bonds. The monoisotopic (exact) mass is 333 g/mol. The van der Waals surface area contributed by atoms with Crippen LogP contribution in [-0.2, 0) is 4.79 Å². The van der Waals surface area contributed by atoms with E-state index < -0.39 is 16.7 Å². The highest BCUT2D eigenvalue weighted by atomic mass is 35.5. The molecule has 0 saturated carbocycles. The third-order valence-electron chi connectivity index (χ3n) is 2.83. The van der Waals surface area contributed by atoms with Gasteiger partial charge in [0, 0.05) is 29.1 Å². The Morgan fingerprint density at radius 3 is 2.35 bits per heavy atom. The fourth-order valence-electron chi connectivity index (χ4n) is 1.84. The minimum Gasteiger partial charge on any atom is -0.325 e. The Morgan fingerprint density at radius 2 is 1.74 bits per heavy atom. The standard InChI is InChI=1S/C15H12ClN3O4/c16-9-14(20)17-12-6-10(7-13(8-12)19(22)23)15(21)18-11-4-2-1-3-5-11/h1-8H,9H2,(H,17,20)(H,18,21). The fourth-order valence-corrected chi connectivity index (χ4v) is 1.91. The van der Waals surface area contributed by atoms with Crippen molar-refractivity contribution in [3.05, 3.63) is 64.2 Å². The first-order chi connectivity index (χ1) is 11.0. The van der Waals surface area contributed by atoms with Crippen LogP contribution < -0.4 is 10.6 Å². The van der Waals surface area contributed by atoms with Crippen molar-refractivity contribution >= 4 is 40.5 Å². The van der Waals surface area contributed by atoms with E-state index in [9.17, 15) is 19.7 Å². The zero-order valence-corrected chi connectivity index (χ0v) is 12.5. The quantitative estimate of drug-likeness (QED) is 0.499. The van der Waals surface area contributed by atoms with E-state index in [1.54, 1.807) is 30.3 Å². The zero-order valence-electron chi connectivity index (χ0n) is 11.8. The Hall–Kier alpha value is -2.93. The summed E-state index contributed by atoms with van der Waals surface area (Å²) in [6, 6.07) is 12.3. The van der Waals surface area contributed by atoms with Gasteiger partial charge in [-0.2, -0.15) is 0 Å². The number of nitrogens with one attached hydrogen (secondary N) is 2. The lowest BCUT2D eigenvalue weighted by Crippen LogP contribution is -2.15. The number of carbonyl (C=O) groups excluding carboxylic acids is 2. The molecule has 0 atom stereocenters. The number of alkyl halides is 1. The predicted octanol–water partition coefficient (Wildman–Crippen LogP) is 3.02. The van der Waals surface area contributed by atoms with Gasteiger partial charge in [0.25, 0.3) is 11.6 Å². The van der Waals surface area contributed by atoms with Gasteiger partial charge in [-0.15, -0.1) is 11.6 Å². The number of para-hydroxylation sites is 1. The second-order valence-electron chi connectivity index (χ2n) is 4.53. The Kier molecular flexibility index (Phi) is 5.27. The number of benzene rings is 2. The molecule has 2 aromatic rings. The summed E-state index contributed by atoms with van der Waals surface area (Å²) < 4.78 is 0. The van der Waals surface area contributed by atoms with Crippen LogP contribution in [0.4, 0.5) is 17.1 Å². The van der Waals surface area contributed by atoms with E-state index >= 15 is 0 Å². The molecule has 0 unspecified atom stereocenters. The maximum atomic E-state index is 12.2. The lowest BCUT2D eigenvalue weighted by atomic mass is 10.1. The molecule has 8 heteroatoms. The Labute approximate surface area is 136 Å². The van der Waals surface area contributed by atoms with Crippen molar-refractivity contribution < 1.29 is 14.5 Å². The molecule has 118 valence electrons. The highest BCUT2D eigenvalue weighted by molar-refractivity contribution is 6.29. The molecule has 23 heavy (non-hydrogen) atoms. The van der Waals surface area contributed by atoms with E-state index in [0.717, 1.165) is 12.1 Å². The topological polar surface area (TPSA) is 101 Å². The van der Waals surface area contributed by atoms with Crippen molar-refractivity contribution in [2.45, 2.75) is 0 Å². The number of halogens is 1. The first-order valence-electron chi connectivity index (χ1n) is 6.51. The van der Waals surface area contributed by atoms with E-state index in [0.29, 0.717) is 5.69 Å². The number of hydrogen-bond acceptors (Lipinski definition) is 4. The number of rotatable bonds is 5. The van der Waals surface area contributed by atoms with Crippen LogP contribution in [0.2, 0.25) is 0 Å². The Morgan fingerprint density at radius 1 is 1.04 bits per heavy atom. The SMILES string of the molecule is O=C(CCl)Nc1cc(C(=O)Nc2ccccc2)cc([N+](=O)[O-])c1. The summed E-state index contributed by atoms with van der Waals surface area (Å²) in [6.07, 6.45) is 0. The Bertz CT molecular complexity index is 750. The van der Waals surface area contributed by atoms with Crippen LogP contribution in [0.15, 0.2) is 48.5 Å². The molecule has 7 nitrogen and oxygen atoms in total. The number of nitro benzene ring substituents is 1. The number of nitro groups is 1. The number of carbonyl (C=O) groups is 2. The number of non-ortho nitro benzene ring substituents is 1. The molecule has 2 aromatic carbocycles. The summed E-state index contributed by atoms with van der Waals surface area (Å²) in [5, 5.41) is 16.0. The highest BCUT2D eigenvalue weighted by Gasteiger charge is 2.15. The molecule has 0 saturated heterocycles. The van der Waals surface area contributed by atoms with Gasteiger partial charge >= 0.3 is 0 Å². The minimum atomic E-state index is -0.643. The van der Waals surface area contributed by atoms with Crippen molar-refractivity contribution in [2.24, 2.45) is 0 Å². The van der Waals surface area contributed by atoms with Crippen LogP contribution in [-0.4, -0.2) is 22.6 Å². The van der Waals surface area contributed by atoms with Crippen LogP contribution in [0, 0.1) is 10.1 Å². The molecule has 0 aliphatic heterocycles. The first kappa shape index (κ1) is 16.4. The molecule has 0 heterocycles. The molecule has 2 rings (SSSR count). The lowest BCUT2D eigenvalue weighted by molar-refractivity contribution is -0.384. The van der Waals surface area contributed by atoms with Crippen molar-refractivity contribution in [1.29, 1.82) is 0 Å². The van der Waals surface area contributed by atoms with Gasteiger partial charge in [-0.1, -0.05) is 18.2 Å². The van der Waals surface area contributed by atoms with Crippen molar-refractivity contribution in [2.75, 3.05) is 16.5 Å². The minimum absolute atomic E-state index is 0.0490. The summed E-state index contributed by atoms with van der Waals surface area (Å²) >= 11 is 5.39. The zero-order chi connectivity index (χ0) is 16.8. The molecule has 0 radical (unpaired) electrons. The Balaban J connectivity index is 2.30. The van der Waals surface area contributed by atoms with Crippen LogP contribution in [0.3, 0.4) is 0 Å². The van der Waals surface area contributed by atoms with E-state index in [4.69, 9.17) is 11.6 Å². The molecule has 0 aliphatic carbocycles. The van der Waals surface area contributed by atoms with Crippen LogP contribution >= 0.6 is 11.6 Å². The average molecular weight is 334 g/mol. The number of anilines is 2. The first-order valence-corrected chi connectivity index (χ1v) is 7.05. The second kappa shape index (κ2) is 7.37. The van der Waals surface area contributed by atoms with Gasteiger partial charge in [0.05, 0.1) is 4.92 Å². The highest BCUT2D eigenvalue weighted by Crippen LogP contribution is 2.22. The van der Waals surface area contributed by atoms with Crippen LogP contribution in [0.5, 0.6) is 0 Å². The van der Waals surface area contributed by atoms with Gasteiger partial charge in [-0.3, -0.25) is 19.7 Å². The molecular weight excluding hydrogens is 322 g/mol. The van der Waals surface area contributed by atoms with Gasteiger partial charge in [0.1, 0.15) is 5.88 Å². The van der Waals surface area contributed by atoms with Crippen molar-refractivity contribution in [3.63, 3.8) is 0 Å². The lowest BCUT2D eigenvalue weighted by Gasteiger charge is -2.08. The molecule has 0 aromatic heterocycles. The van der Waals surface area contributed by atoms with Crippen molar-refractivity contribution in [1.82, 2.24) is 0 Å². The number of hydrogen-bond donors (Lipinski definition) is 2. The van der Waals surface area contributed by atoms with Crippen LogP contribution in [0.25, 0.3) is 0 Å². The summed E-state index contributed by atoms with van der Waals surface area (Å²) in [6.45, 7) is 0. The summed E-state index contributed by atoms with van der Waals surface area (Å²) in [5.74, 6) is -1.35. The van der Waals surface area contributed by atoms with E-state index in [1.165, 1.54) is 6.07 Å². The third-order valence-corrected chi connectivity index (χ3v) is 3.07. The van der Waals surface area contributed by atoms with E-state index in [-0.39, 0.29) is 22.8 Å². The molecule has 0 bridgehead atoms. The predicted molar refractivity (Wildman–Crippen MR) is 86.8 cm³/mol. The second-order valence-corrected chi connectivity index (χ2v) is 4.79. The third kappa shape index (κ3) is 4.52. The summed E-state index contributed by atoms with van der Waals surface area (Å²) in [7, 11) is 0. The normalized spacial score (nSPS) is 9.96. The molecule has 0 fully saturated rings. The van der Waals surface area contributed by atoms with Gasteiger partial charge in [0.2, 0.25) is 5.91 Å². The smallest absolute Gasteiger partial charge is 0.272 e. The number of nitrogens with zero attached hydrogens (tertiary/aromatic N) is 1. The molecule has 0 spiro atoms. The fraction of sp³-hybridized carbons (Fsp3) is 0.0667. The maximum absolute atomic E-state index is 12.2.